The lowest BCUT2D eigenvalue weighted by Crippen LogP contribution is -2.34. The third-order valence-electron chi connectivity index (χ3n) is 5.16. The number of hydrogen-bond donors (Lipinski definition) is 0. The van der Waals surface area contributed by atoms with E-state index in [0.717, 1.165) is 5.56 Å². The van der Waals surface area contributed by atoms with Gasteiger partial charge >= 0.3 is 5.97 Å². The number of carbonyl (C=O) groups excluding carboxylic acids is 3. The minimum atomic E-state index is -0.854. The number of ether oxygens (including phenoxy) is 3. The van der Waals surface area contributed by atoms with Crippen molar-refractivity contribution in [2.45, 2.75) is 31.3 Å². The highest BCUT2D eigenvalue weighted by Gasteiger charge is 2.42. The molecule has 0 radical (unpaired) electrons. The zero-order valence-electron chi connectivity index (χ0n) is 15.9. The van der Waals surface area contributed by atoms with Crippen molar-refractivity contribution in [1.29, 1.82) is 0 Å². The van der Waals surface area contributed by atoms with Crippen molar-refractivity contribution in [1.82, 2.24) is 4.90 Å². The quantitative estimate of drug-likeness (QED) is 0.553. The standard InChI is InChI=1S/C22H21NO6/c1-27-21(26)18-17(28-22(29-18)14-8-3-2-4-9-14)12-7-13-23-19(24)15-10-5-6-11-16(15)20(23)25/h2-6,8-11,17-18,22H,7,12-13H2,1H3/t17-,18+,22?/m1/s1. The Morgan fingerprint density at radius 2 is 1.59 bits per heavy atom. The van der Waals surface area contributed by atoms with Crippen molar-refractivity contribution in [2.24, 2.45) is 0 Å². The van der Waals surface area contributed by atoms with Gasteiger partial charge in [-0.1, -0.05) is 42.5 Å². The van der Waals surface area contributed by atoms with Crippen LogP contribution in [0, 0.1) is 0 Å². The van der Waals surface area contributed by atoms with Crippen LogP contribution in [-0.2, 0) is 19.0 Å². The number of amides is 2. The van der Waals surface area contributed by atoms with Crippen LogP contribution in [-0.4, -0.2) is 48.5 Å². The minimum absolute atomic E-state index is 0.246. The lowest BCUT2D eigenvalue weighted by atomic mass is 10.1. The molecule has 2 aliphatic rings. The van der Waals surface area contributed by atoms with E-state index in [1.54, 1.807) is 24.3 Å². The maximum Gasteiger partial charge on any atom is 0.337 e. The van der Waals surface area contributed by atoms with Gasteiger partial charge in [-0.2, -0.15) is 0 Å². The highest BCUT2D eigenvalue weighted by atomic mass is 16.7. The van der Waals surface area contributed by atoms with Crippen LogP contribution in [0.1, 0.15) is 45.4 Å². The first-order valence-electron chi connectivity index (χ1n) is 9.49. The Morgan fingerprint density at radius 1 is 0.966 bits per heavy atom. The van der Waals surface area contributed by atoms with Gasteiger partial charge in [-0.25, -0.2) is 4.79 Å². The van der Waals surface area contributed by atoms with Crippen molar-refractivity contribution in [2.75, 3.05) is 13.7 Å². The van der Waals surface area contributed by atoms with Gasteiger partial charge in [-0.15, -0.1) is 0 Å². The van der Waals surface area contributed by atoms with Crippen molar-refractivity contribution < 1.29 is 28.6 Å². The molecule has 2 aromatic rings. The Kier molecular flexibility index (Phi) is 5.42. The highest BCUT2D eigenvalue weighted by molar-refractivity contribution is 6.21. The van der Waals surface area contributed by atoms with E-state index >= 15 is 0 Å². The Hall–Kier alpha value is -3.03. The fourth-order valence-corrected chi connectivity index (χ4v) is 3.69. The minimum Gasteiger partial charge on any atom is -0.467 e. The molecule has 2 amide bonds. The zero-order valence-corrected chi connectivity index (χ0v) is 15.9. The van der Waals surface area contributed by atoms with Crippen LogP contribution < -0.4 is 0 Å². The third kappa shape index (κ3) is 3.66. The molecule has 0 N–H and O–H groups in total. The Balaban J connectivity index is 1.40. The fraction of sp³-hybridized carbons (Fsp3) is 0.318. The highest BCUT2D eigenvalue weighted by Crippen LogP contribution is 2.34. The Labute approximate surface area is 168 Å². The van der Waals surface area contributed by atoms with E-state index in [9.17, 15) is 14.4 Å². The molecule has 0 aromatic heterocycles. The summed E-state index contributed by atoms with van der Waals surface area (Å²) in [7, 11) is 1.30. The number of methoxy groups -OCH3 is 1. The van der Waals surface area contributed by atoms with Crippen LogP contribution in [0.5, 0.6) is 0 Å². The summed E-state index contributed by atoms with van der Waals surface area (Å²) in [6, 6.07) is 16.1. The van der Waals surface area contributed by atoms with E-state index in [2.05, 4.69) is 0 Å². The van der Waals surface area contributed by atoms with Crippen LogP contribution in [0.4, 0.5) is 0 Å². The molecule has 0 saturated carbocycles. The summed E-state index contributed by atoms with van der Waals surface area (Å²) < 4.78 is 16.6. The van der Waals surface area contributed by atoms with Crippen LogP contribution >= 0.6 is 0 Å². The molecular formula is C22H21NO6. The SMILES string of the molecule is COC(=O)[C@H]1OC(c2ccccc2)O[C@@H]1CCCN1C(=O)c2ccccc2C1=O. The topological polar surface area (TPSA) is 82.1 Å². The smallest absolute Gasteiger partial charge is 0.337 e. The van der Waals surface area contributed by atoms with Crippen LogP contribution in [0.25, 0.3) is 0 Å². The number of benzene rings is 2. The number of imide groups is 1. The Bertz CT molecular complexity index is 893. The largest absolute Gasteiger partial charge is 0.467 e. The van der Waals surface area contributed by atoms with Gasteiger partial charge < -0.3 is 14.2 Å². The van der Waals surface area contributed by atoms with Gasteiger partial charge in [0, 0.05) is 12.1 Å². The van der Waals surface area contributed by atoms with Crippen LogP contribution in [0.3, 0.4) is 0 Å². The van der Waals surface area contributed by atoms with Crippen molar-refractivity contribution in [3.63, 3.8) is 0 Å². The molecule has 1 unspecified atom stereocenters. The number of carbonyl (C=O) groups is 3. The monoisotopic (exact) mass is 395 g/mol. The normalized spacial score (nSPS) is 23.3. The second kappa shape index (κ2) is 8.14. The summed E-state index contributed by atoms with van der Waals surface area (Å²) in [6.07, 6.45) is -1.12. The van der Waals surface area contributed by atoms with Gasteiger partial charge in [0.2, 0.25) is 0 Å². The summed E-state index contributed by atoms with van der Waals surface area (Å²) in [4.78, 5) is 38.3. The van der Waals surface area contributed by atoms with Gasteiger partial charge in [0.15, 0.2) is 12.4 Å². The third-order valence-corrected chi connectivity index (χ3v) is 5.16. The molecule has 1 saturated heterocycles. The number of nitrogens with zero attached hydrogens (tertiary/aromatic N) is 1. The lowest BCUT2D eigenvalue weighted by Gasteiger charge is -2.17. The van der Waals surface area contributed by atoms with Gasteiger partial charge in [0.25, 0.3) is 11.8 Å². The maximum atomic E-state index is 12.5. The molecule has 0 bridgehead atoms. The second-order valence-electron chi connectivity index (χ2n) is 6.95. The molecule has 150 valence electrons. The molecule has 3 atom stereocenters. The molecule has 29 heavy (non-hydrogen) atoms. The summed E-state index contributed by atoms with van der Waals surface area (Å²) in [5, 5.41) is 0. The summed E-state index contributed by atoms with van der Waals surface area (Å²) in [6.45, 7) is 0.246. The number of hydrogen-bond acceptors (Lipinski definition) is 6. The summed E-state index contributed by atoms with van der Waals surface area (Å²) in [5.74, 6) is -1.09. The number of esters is 1. The molecule has 2 aromatic carbocycles. The lowest BCUT2D eigenvalue weighted by molar-refractivity contribution is -0.154. The van der Waals surface area contributed by atoms with E-state index in [1.807, 2.05) is 30.3 Å². The summed E-state index contributed by atoms with van der Waals surface area (Å²) in [5.41, 5.74) is 1.66. The van der Waals surface area contributed by atoms with E-state index in [1.165, 1.54) is 12.0 Å². The van der Waals surface area contributed by atoms with Gasteiger partial charge in [0.1, 0.15) is 0 Å². The predicted molar refractivity (Wildman–Crippen MR) is 102 cm³/mol. The first kappa shape index (κ1) is 19.3. The summed E-state index contributed by atoms with van der Waals surface area (Å²) >= 11 is 0. The average molecular weight is 395 g/mol. The van der Waals surface area contributed by atoms with Crippen molar-refractivity contribution >= 4 is 17.8 Å². The van der Waals surface area contributed by atoms with E-state index in [0.29, 0.717) is 24.0 Å². The fourth-order valence-electron chi connectivity index (χ4n) is 3.69. The molecule has 2 aliphatic heterocycles. The molecule has 0 aliphatic carbocycles. The van der Waals surface area contributed by atoms with E-state index in [4.69, 9.17) is 14.2 Å². The first-order valence-corrected chi connectivity index (χ1v) is 9.49. The van der Waals surface area contributed by atoms with Gasteiger partial charge in [0.05, 0.1) is 24.3 Å². The Morgan fingerprint density at radius 3 is 2.21 bits per heavy atom. The molecule has 7 heteroatoms. The van der Waals surface area contributed by atoms with E-state index in [-0.39, 0.29) is 18.4 Å². The number of fused-ring (bicyclic) bond motifs is 1. The molecule has 2 heterocycles. The molecule has 7 nitrogen and oxygen atoms in total. The molecule has 0 spiro atoms. The first-order chi connectivity index (χ1) is 14.1. The van der Waals surface area contributed by atoms with Gasteiger partial charge in [-0.05, 0) is 25.0 Å². The van der Waals surface area contributed by atoms with Crippen molar-refractivity contribution in [3.8, 4) is 0 Å². The molecular weight excluding hydrogens is 374 g/mol. The molecule has 1 fully saturated rings. The van der Waals surface area contributed by atoms with Crippen LogP contribution in [0.2, 0.25) is 0 Å². The van der Waals surface area contributed by atoms with Crippen molar-refractivity contribution in [3.05, 3.63) is 71.3 Å². The molecule has 4 rings (SSSR count). The number of rotatable bonds is 6. The van der Waals surface area contributed by atoms with Gasteiger partial charge in [-0.3, -0.25) is 14.5 Å². The van der Waals surface area contributed by atoms with E-state index < -0.39 is 24.5 Å². The maximum absolute atomic E-state index is 12.5. The van der Waals surface area contributed by atoms with Crippen LogP contribution in [0.15, 0.2) is 54.6 Å². The zero-order chi connectivity index (χ0) is 20.4. The predicted octanol–water partition coefficient (Wildman–Crippen LogP) is 2.72. The second-order valence-corrected chi connectivity index (χ2v) is 6.95. The average Bonchev–Trinajstić information content (AvgIpc) is 3.29.